The average Bonchev–Trinajstić information content (AvgIpc) is 2.32. The van der Waals surface area contributed by atoms with Gasteiger partial charge in [-0.3, -0.25) is 0 Å². The third-order valence-electron chi connectivity index (χ3n) is 2.64. The second kappa shape index (κ2) is 7.90. The number of nitrogens with one attached hydrogen (secondary N) is 2. The maximum atomic E-state index is 11.6. The lowest BCUT2D eigenvalue weighted by molar-refractivity contribution is 0.0508. The van der Waals surface area contributed by atoms with Gasteiger partial charge >= 0.3 is 6.09 Å². The SMILES string of the molecule is CC(CNCc1cc(Cl)cc(Cl)c1O)NC(=O)OC(C)(C)C. The molecule has 3 N–H and O–H groups in total. The lowest BCUT2D eigenvalue weighted by Gasteiger charge is -2.22. The number of phenols is 1. The molecule has 7 heteroatoms. The summed E-state index contributed by atoms with van der Waals surface area (Å²) < 4.78 is 5.17. The number of phenolic OH excluding ortho intramolecular Hbond substituents is 1. The van der Waals surface area contributed by atoms with E-state index in [-0.39, 0.29) is 16.8 Å². The summed E-state index contributed by atoms with van der Waals surface area (Å²) in [6.45, 7) is 8.15. The Hall–Kier alpha value is -1.17. The van der Waals surface area contributed by atoms with Gasteiger partial charge in [-0.05, 0) is 39.8 Å². The van der Waals surface area contributed by atoms with Crippen LogP contribution in [0.25, 0.3) is 0 Å². The Balaban J connectivity index is 2.43. The van der Waals surface area contributed by atoms with Crippen LogP contribution in [0.1, 0.15) is 33.3 Å². The minimum absolute atomic E-state index is 0.00585. The Morgan fingerprint density at radius 3 is 2.59 bits per heavy atom. The van der Waals surface area contributed by atoms with E-state index in [1.807, 2.05) is 6.92 Å². The minimum atomic E-state index is -0.527. The Morgan fingerprint density at radius 1 is 1.36 bits per heavy atom. The number of rotatable bonds is 5. The van der Waals surface area contributed by atoms with E-state index in [1.54, 1.807) is 26.8 Å². The Kier molecular flexibility index (Phi) is 6.78. The second-order valence-electron chi connectivity index (χ2n) is 6.07. The van der Waals surface area contributed by atoms with E-state index in [0.717, 1.165) is 0 Å². The number of hydrogen-bond acceptors (Lipinski definition) is 4. The molecule has 0 saturated carbocycles. The zero-order valence-electron chi connectivity index (χ0n) is 13.2. The van der Waals surface area contributed by atoms with Gasteiger partial charge in [0.2, 0.25) is 0 Å². The van der Waals surface area contributed by atoms with E-state index in [9.17, 15) is 9.90 Å². The number of ether oxygens (including phenoxy) is 1. The number of carbonyl (C=O) groups is 1. The molecule has 0 spiro atoms. The summed E-state index contributed by atoms with van der Waals surface area (Å²) in [5, 5.41) is 16.3. The van der Waals surface area contributed by atoms with Gasteiger partial charge in [0.15, 0.2) is 0 Å². The first-order valence-corrected chi connectivity index (χ1v) is 7.71. The maximum Gasteiger partial charge on any atom is 0.407 e. The van der Waals surface area contributed by atoms with Crippen LogP contribution in [0.5, 0.6) is 5.75 Å². The molecule has 1 rings (SSSR count). The Bertz CT molecular complexity index is 530. The fourth-order valence-corrected chi connectivity index (χ4v) is 2.27. The van der Waals surface area contributed by atoms with Gasteiger partial charge in [0.25, 0.3) is 0 Å². The lowest BCUT2D eigenvalue weighted by atomic mass is 10.2. The van der Waals surface area contributed by atoms with Gasteiger partial charge in [-0.2, -0.15) is 0 Å². The normalized spacial score (nSPS) is 12.8. The topological polar surface area (TPSA) is 70.6 Å². The van der Waals surface area contributed by atoms with Crippen LogP contribution in [0.15, 0.2) is 12.1 Å². The van der Waals surface area contributed by atoms with Crippen LogP contribution in [0.2, 0.25) is 10.0 Å². The molecular weight excluding hydrogens is 327 g/mol. The summed E-state index contributed by atoms with van der Waals surface area (Å²) >= 11 is 11.8. The predicted molar refractivity (Wildman–Crippen MR) is 88.7 cm³/mol. The van der Waals surface area contributed by atoms with Crippen molar-refractivity contribution in [1.82, 2.24) is 10.6 Å². The third-order valence-corrected chi connectivity index (χ3v) is 3.14. The van der Waals surface area contributed by atoms with Gasteiger partial charge in [0, 0.05) is 29.7 Å². The molecule has 0 aliphatic carbocycles. The second-order valence-corrected chi connectivity index (χ2v) is 6.92. The molecule has 1 aromatic carbocycles. The zero-order valence-corrected chi connectivity index (χ0v) is 14.7. The standard InChI is InChI=1S/C15H22Cl2N2O3/c1-9(19-14(21)22-15(2,3)4)7-18-8-10-5-11(16)6-12(17)13(10)20/h5-6,9,18,20H,7-8H2,1-4H3,(H,19,21). The first-order valence-electron chi connectivity index (χ1n) is 6.95. The molecule has 0 fully saturated rings. The van der Waals surface area contributed by atoms with Gasteiger partial charge in [-0.1, -0.05) is 23.2 Å². The van der Waals surface area contributed by atoms with Crippen LogP contribution in [-0.4, -0.2) is 29.4 Å². The summed E-state index contributed by atoms with van der Waals surface area (Å²) in [6.07, 6.45) is -0.463. The monoisotopic (exact) mass is 348 g/mol. The van der Waals surface area contributed by atoms with Crippen molar-refractivity contribution >= 4 is 29.3 Å². The van der Waals surface area contributed by atoms with Crippen LogP contribution < -0.4 is 10.6 Å². The highest BCUT2D eigenvalue weighted by atomic mass is 35.5. The first kappa shape index (κ1) is 18.9. The summed E-state index contributed by atoms with van der Waals surface area (Å²) in [6, 6.07) is 2.99. The molecule has 0 aromatic heterocycles. The van der Waals surface area contributed by atoms with E-state index < -0.39 is 11.7 Å². The minimum Gasteiger partial charge on any atom is -0.506 e. The Labute approximate surface area is 140 Å². The van der Waals surface area contributed by atoms with Gasteiger partial charge in [0.1, 0.15) is 11.4 Å². The maximum absolute atomic E-state index is 11.6. The Morgan fingerprint density at radius 2 is 2.00 bits per heavy atom. The highest BCUT2D eigenvalue weighted by Crippen LogP contribution is 2.30. The number of benzene rings is 1. The fourth-order valence-electron chi connectivity index (χ4n) is 1.74. The van der Waals surface area contributed by atoms with Crippen LogP contribution in [0, 0.1) is 0 Å². The average molecular weight is 349 g/mol. The molecule has 0 aliphatic rings. The van der Waals surface area contributed by atoms with Crippen molar-refractivity contribution in [2.75, 3.05) is 6.54 Å². The molecule has 124 valence electrons. The number of carbonyl (C=O) groups excluding carboxylic acids is 1. The van der Waals surface area contributed by atoms with Gasteiger partial charge in [-0.25, -0.2) is 4.79 Å². The number of aromatic hydroxyl groups is 1. The van der Waals surface area contributed by atoms with Gasteiger partial charge in [0.05, 0.1) is 5.02 Å². The highest BCUT2D eigenvalue weighted by molar-refractivity contribution is 6.35. The summed E-state index contributed by atoms with van der Waals surface area (Å²) in [5.41, 5.74) is 0.0718. The van der Waals surface area contributed by atoms with Crippen molar-refractivity contribution in [3.8, 4) is 5.75 Å². The summed E-state index contributed by atoms with van der Waals surface area (Å²) in [7, 11) is 0. The molecule has 1 unspecified atom stereocenters. The van der Waals surface area contributed by atoms with E-state index in [0.29, 0.717) is 23.7 Å². The molecule has 22 heavy (non-hydrogen) atoms. The molecule has 5 nitrogen and oxygen atoms in total. The number of amides is 1. The number of alkyl carbamates (subject to hydrolysis) is 1. The molecule has 1 aromatic rings. The van der Waals surface area contributed by atoms with E-state index in [1.165, 1.54) is 6.07 Å². The van der Waals surface area contributed by atoms with E-state index in [4.69, 9.17) is 27.9 Å². The molecule has 0 saturated heterocycles. The van der Waals surface area contributed by atoms with E-state index >= 15 is 0 Å². The largest absolute Gasteiger partial charge is 0.506 e. The van der Waals surface area contributed by atoms with Crippen LogP contribution in [-0.2, 0) is 11.3 Å². The van der Waals surface area contributed by atoms with Crippen molar-refractivity contribution in [2.45, 2.75) is 45.9 Å². The van der Waals surface area contributed by atoms with Crippen molar-refractivity contribution in [1.29, 1.82) is 0 Å². The summed E-state index contributed by atoms with van der Waals surface area (Å²) in [5.74, 6) is 0.00585. The molecule has 1 atom stereocenters. The molecular formula is C15H22Cl2N2O3. The van der Waals surface area contributed by atoms with Crippen molar-refractivity contribution in [3.05, 3.63) is 27.7 Å². The van der Waals surface area contributed by atoms with Crippen LogP contribution in [0.4, 0.5) is 4.79 Å². The predicted octanol–water partition coefficient (Wildman–Crippen LogP) is 3.70. The molecule has 1 amide bonds. The smallest absolute Gasteiger partial charge is 0.407 e. The molecule has 0 bridgehead atoms. The number of hydrogen-bond donors (Lipinski definition) is 3. The summed E-state index contributed by atoms with van der Waals surface area (Å²) in [4.78, 5) is 11.6. The quantitative estimate of drug-likeness (QED) is 0.758. The van der Waals surface area contributed by atoms with Crippen LogP contribution in [0.3, 0.4) is 0 Å². The van der Waals surface area contributed by atoms with Crippen molar-refractivity contribution < 1.29 is 14.6 Å². The highest BCUT2D eigenvalue weighted by Gasteiger charge is 2.17. The van der Waals surface area contributed by atoms with Crippen molar-refractivity contribution in [3.63, 3.8) is 0 Å². The van der Waals surface area contributed by atoms with Crippen LogP contribution >= 0.6 is 23.2 Å². The first-order chi connectivity index (χ1) is 10.1. The zero-order chi connectivity index (χ0) is 16.9. The number of halogens is 2. The fraction of sp³-hybridized carbons (Fsp3) is 0.533. The van der Waals surface area contributed by atoms with Crippen molar-refractivity contribution in [2.24, 2.45) is 0 Å². The van der Waals surface area contributed by atoms with Gasteiger partial charge in [-0.15, -0.1) is 0 Å². The van der Waals surface area contributed by atoms with Gasteiger partial charge < -0.3 is 20.5 Å². The van der Waals surface area contributed by atoms with E-state index in [2.05, 4.69) is 10.6 Å². The third kappa shape index (κ3) is 6.73. The molecule has 0 radical (unpaired) electrons. The molecule has 0 aliphatic heterocycles. The lowest BCUT2D eigenvalue weighted by Crippen LogP contribution is -2.42. The molecule has 0 heterocycles.